The van der Waals surface area contributed by atoms with Gasteiger partial charge in [-0.1, -0.05) is 17.8 Å². The van der Waals surface area contributed by atoms with E-state index in [2.05, 4.69) is 10.6 Å². The minimum Gasteiger partial charge on any atom is -0.497 e. The van der Waals surface area contributed by atoms with E-state index in [0.29, 0.717) is 11.4 Å². The molecular formula is C14H15N3O5S. The second-order valence-electron chi connectivity index (χ2n) is 4.54. The summed E-state index contributed by atoms with van der Waals surface area (Å²) in [5, 5.41) is 4.45. The zero-order valence-corrected chi connectivity index (χ0v) is 13.1. The first-order chi connectivity index (χ1) is 11.0. The molecule has 0 bridgehead atoms. The summed E-state index contributed by atoms with van der Waals surface area (Å²) in [6.45, 7) is 0.0608. The molecule has 122 valence electrons. The van der Waals surface area contributed by atoms with Gasteiger partial charge in [-0.15, -0.1) is 0 Å². The van der Waals surface area contributed by atoms with Gasteiger partial charge in [-0.25, -0.2) is 0 Å². The molecule has 9 heteroatoms. The van der Waals surface area contributed by atoms with Crippen LogP contribution in [0, 0.1) is 0 Å². The van der Waals surface area contributed by atoms with Crippen molar-refractivity contribution in [2.24, 2.45) is 0 Å². The van der Waals surface area contributed by atoms with Crippen LogP contribution >= 0.6 is 11.8 Å². The molecule has 1 aromatic rings. The van der Waals surface area contributed by atoms with Crippen molar-refractivity contribution in [1.29, 1.82) is 0 Å². The number of amides is 4. The standard InChI is InChI=1S/C14H15N3O5S/c1-22-10-4-2-3-9(7-10)16-13(20)12(19)15-5-6-17-11(18)8-23-14(17)21/h2-4,7H,5-6,8H2,1H3,(H,15,19)(H,16,20). The van der Waals surface area contributed by atoms with Crippen LogP contribution in [-0.4, -0.2) is 53.8 Å². The molecule has 1 aliphatic heterocycles. The quantitative estimate of drug-likeness (QED) is 0.756. The molecule has 1 aliphatic rings. The van der Waals surface area contributed by atoms with E-state index in [9.17, 15) is 19.2 Å². The van der Waals surface area contributed by atoms with E-state index in [-0.39, 0.29) is 30.0 Å². The van der Waals surface area contributed by atoms with Crippen molar-refractivity contribution in [1.82, 2.24) is 10.2 Å². The highest BCUT2D eigenvalue weighted by Crippen LogP contribution is 2.18. The number of methoxy groups -OCH3 is 1. The first-order valence-electron chi connectivity index (χ1n) is 6.71. The summed E-state index contributed by atoms with van der Waals surface area (Å²) in [6, 6.07) is 6.57. The fourth-order valence-corrected chi connectivity index (χ4v) is 2.60. The number of thioether (sulfide) groups is 1. The third kappa shape index (κ3) is 4.46. The zero-order valence-electron chi connectivity index (χ0n) is 12.3. The highest BCUT2D eigenvalue weighted by atomic mass is 32.2. The Hall–Kier alpha value is -2.55. The lowest BCUT2D eigenvalue weighted by Crippen LogP contribution is -2.41. The monoisotopic (exact) mass is 337 g/mol. The van der Waals surface area contributed by atoms with Crippen molar-refractivity contribution < 1.29 is 23.9 Å². The van der Waals surface area contributed by atoms with Crippen molar-refractivity contribution in [3.63, 3.8) is 0 Å². The molecule has 0 radical (unpaired) electrons. The molecule has 0 saturated carbocycles. The van der Waals surface area contributed by atoms with Gasteiger partial charge in [0.15, 0.2) is 0 Å². The number of hydrogen-bond donors (Lipinski definition) is 2. The fourth-order valence-electron chi connectivity index (χ4n) is 1.85. The highest BCUT2D eigenvalue weighted by molar-refractivity contribution is 8.14. The van der Waals surface area contributed by atoms with E-state index < -0.39 is 11.8 Å². The molecule has 1 fully saturated rings. The van der Waals surface area contributed by atoms with Crippen molar-refractivity contribution >= 4 is 40.4 Å². The molecule has 4 amide bonds. The van der Waals surface area contributed by atoms with Crippen molar-refractivity contribution in [2.45, 2.75) is 0 Å². The van der Waals surface area contributed by atoms with Crippen LogP contribution in [-0.2, 0) is 14.4 Å². The smallest absolute Gasteiger partial charge is 0.313 e. The second kappa shape index (κ2) is 7.63. The van der Waals surface area contributed by atoms with Crippen LogP contribution in [0.15, 0.2) is 24.3 Å². The molecule has 0 aliphatic carbocycles. The minimum atomic E-state index is -0.848. The molecule has 0 aromatic heterocycles. The highest BCUT2D eigenvalue weighted by Gasteiger charge is 2.29. The molecule has 0 atom stereocenters. The summed E-state index contributed by atoms with van der Waals surface area (Å²) in [5.41, 5.74) is 0.422. The molecule has 1 heterocycles. The van der Waals surface area contributed by atoms with Crippen LogP contribution in [0.5, 0.6) is 5.75 Å². The van der Waals surface area contributed by atoms with Gasteiger partial charge in [0.25, 0.3) is 5.24 Å². The number of ether oxygens (including phenoxy) is 1. The summed E-state index contributed by atoms with van der Waals surface area (Å²) >= 11 is 0.917. The van der Waals surface area contributed by atoms with Crippen molar-refractivity contribution in [2.75, 3.05) is 31.3 Å². The first-order valence-corrected chi connectivity index (χ1v) is 7.70. The number of hydrogen-bond acceptors (Lipinski definition) is 6. The lowest BCUT2D eigenvalue weighted by atomic mass is 10.3. The van der Waals surface area contributed by atoms with Crippen LogP contribution in [0.2, 0.25) is 0 Å². The number of anilines is 1. The Morgan fingerprint density at radius 3 is 2.74 bits per heavy atom. The van der Waals surface area contributed by atoms with E-state index >= 15 is 0 Å². The number of nitrogens with one attached hydrogen (secondary N) is 2. The molecule has 0 unspecified atom stereocenters. The summed E-state index contributed by atoms with van der Waals surface area (Å²) in [5.74, 6) is -1.32. The molecule has 1 aromatic carbocycles. The van der Waals surface area contributed by atoms with E-state index in [0.717, 1.165) is 16.7 Å². The van der Waals surface area contributed by atoms with Gasteiger partial charge >= 0.3 is 11.8 Å². The number of nitrogens with zero attached hydrogens (tertiary/aromatic N) is 1. The van der Waals surface area contributed by atoms with E-state index in [1.165, 1.54) is 7.11 Å². The maximum Gasteiger partial charge on any atom is 0.313 e. The normalized spacial score (nSPS) is 13.9. The van der Waals surface area contributed by atoms with Crippen LogP contribution in [0.1, 0.15) is 0 Å². The van der Waals surface area contributed by atoms with E-state index in [1.54, 1.807) is 24.3 Å². The Kier molecular flexibility index (Phi) is 5.58. The fraction of sp³-hybridized carbons (Fsp3) is 0.286. The second-order valence-corrected chi connectivity index (χ2v) is 5.47. The Labute approximate surface area is 136 Å². The SMILES string of the molecule is COc1cccc(NC(=O)C(=O)NCCN2C(=O)CSC2=O)c1. The predicted molar refractivity (Wildman–Crippen MR) is 84.2 cm³/mol. The van der Waals surface area contributed by atoms with Crippen LogP contribution in [0.3, 0.4) is 0 Å². The Morgan fingerprint density at radius 2 is 2.09 bits per heavy atom. The third-order valence-corrected chi connectivity index (χ3v) is 3.85. The maximum atomic E-state index is 11.8. The van der Waals surface area contributed by atoms with Gasteiger partial charge < -0.3 is 15.4 Å². The lowest BCUT2D eigenvalue weighted by molar-refractivity contribution is -0.136. The molecular weight excluding hydrogens is 322 g/mol. The molecule has 0 spiro atoms. The third-order valence-electron chi connectivity index (χ3n) is 3.00. The molecule has 23 heavy (non-hydrogen) atoms. The molecule has 2 N–H and O–H groups in total. The van der Waals surface area contributed by atoms with Crippen LogP contribution < -0.4 is 15.4 Å². The topological polar surface area (TPSA) is 105 Å². The van der Waals surface area contributed by atoms with E-state index in [1.807, 2.05) is 0 Å². The Balaban J connectivity index is 1.79. The lowest BCUT2D eigenvalue weighted by Gasteiger charge is -2.13. The number of carbonyl (C=O) groups is 4. The van der Waals surface area contributed by atoms with Crippen molar-refractivity contribution in [3.05, 3.63) is 24.3 Å². The minimum absolute atomic E-state index is 0.0163. The number of benzene rings is 1. The molecule has 1 saturated heterocycles. The van der Waals surface area contributed by atoms with Gasteiger partial charge in [0.2, 0.25) is 5.91 Å². The van der Waals surface area contributed by atoms with Gasteiger partial charge in [-0.2, -0.15) is 0 Å². The van der Waals surface area contributed by atoms with E-state index in [4.69, 9.17) is 4.74 Å². The number of imide groups is 1. The summed E-state index contributed by atoms with van der Waals surface area (Å²) < 4.78 is 5.02. The summed E-state index contributed by atoms with van der Waals surface area (Å²) in [4.78, 5) is 47.2. The number of rotatable bonds is 5. The van der Waals surface area contributed by atoms with Crippen LogP contribution in [0.4, 0.5) is 10.5 Å². The Morgan fingerprint density at radius 1 is 1.30 bits per heavy atom. The largest absolute Gasteiger partial charge is 0.497 e. The van der Waals surface area contributed by atoms with Gasteiger partial charge in [0, 0.05) is 24.8 Å². The van der Waals surface area contributed by atoms with Gasteiger partial charge in [0.1, 0.15) is 5.75 Å². The summed E-state index contributed by atoms with van der Waals surface area (Å²) in [6.07, 6.45) is 0. The van der Waals surface area contributed by atoms with Gasteiger partial charge in [0.05, 0.1) is 12.9 Å². The average molecular weight is 337 g/mol. The maximum absolute atomic E-state index is 11.8. The van der Waals surface area contributed by atoms with Gasteiger partial charge in [-0.3, -0.25) is 24.1 Å². The average Bonchev–Trinajstić information content (AvgIpc) is 2.86. The van der Waals surface area contributed by atoms with Crippen molar-refractivity contribution in [3.8, 4) is 5.75 Å². The molecule has 8 nitrogen and oxygen atoms in total. The Bertz CT molecular complexity index is 633. The number of carbonyl (C=O) groups excluding carboxylic acids is 4. The van der Waals surface area contributed by atoms with Crippen LogP contribution in [0.25, 0.3) is 0 Å². The molecule has 2 rings (SSSR count). The zero-order chi connectivity index (χ0) is 16.8. The predicted octanol–water partition coefficient (Wildman–Crippen LogP) is 0.445. The van der Waals surface area contributed by atoms with Gasteiger partial charge in [-0.05, 0) is 12.1 Å². The first kappa shape index (κ1) is 16.8. The summed E-state index contributed by atoms with van der Waals surface area (Å²) in [7, 11) is 1.49.